The molecular formula is C5H12Cl4N2OPt. The van der Waals surface area contributed by atoms with Gasteiger partial charge in [0.15, 0.2) is 0 Å². The Morgan fingerprint density at radius 1 is 1.15 bits per heavy atom. The first-order chi connectivity index (χ1) is 5.81. The summed E-state index contributed by atoms with van der Waals surface area (Å²) in [6, 6.07) is 0. The number of hydrogen-bond acceptors (Lipinski definition) is 3. The molecule has 8 heteroatoms. The van der Waals surface area contributed by atoms with Gasteiger partial charge < -0.3 is 11.5 Å². The summed E-state index contributed by atoms with van der Waals surface area (Å²) in [6.07, 6.45) is 1.29. The van der Waals surface area contributed by atoms with Gasteiger partial charge in [0.1, 0.15) is 5.78 Å². The number of rotatable bonds is 4. The van der Waals surface area contributed by atoms with E-state index in [1.807, 2.05) is 0 Å². The second kappa shape index (κ2) is 9.97. The Bertz CT molecular complexity index is 135. The molecule has 0 saturated heterocycles. The van der Waals surface area contributed by atoms with Crippen molar-refractivity contribution in [3.63, 3.8) is 0 Å². The second-order valence-electron chi connectivity index (χ2n) is 1.91. The van der Waals surface area contributed by atoms with E-state index in [0.29, 0.717) is 13.0 Å². The zero-order valence-corrected chi connectivity index (χ0v) is 12.0. The Morgan fingerprint density at radius 3 is 1.77 bits per heavy atom. The molecule has 3 nitrogen and oxygen atoms in total. The maximum atomic E-state index is 10.4. The quantitative estimate of drug-likeness (QED) is 0.685. The minimum atomic E-state index is -3.06. The molecule has 0 spiro atoms. The van der Waals surface area contributed by atoms with Gasteiger partial charge in [-0.25, -0.2) is 0 Å². The number of halogens is 4. The predicted octanol–water partition coefficient (Wildman–Crippen LogP) is 2.01. The summed E-state index contributed by atoms with van der Waals surface area (Å²) in [7, 11) is 20.0. The summed E-state index contributed by atoms with van der Waals surface area (Å²) >= 11 is -3.06. The van der Waals surface area contributed by atoms with E-state index >= 15 is 0 Å². The molecule has 0 unspecified atom stereocenters. The Kier molecular flexibility index (Phi) is 12.9. The van der Waals surface area contributed by atoms with E-state index in [-0.39, 0.29) is 12.3 Å². The van der Waals surface area contributed by atoms with Crippen molar-refractivity contribution in [3.05, 3.63) is 0 Å². The van der Waals surface area contributed by atoms with Gasteiger partial charge >= 0.3 is 49.6 Å². The van der Waals surface area contributed by atoms with Crippen LogP contribution in [-0.4, -0.2) is 18.9 Å². The van der Waals surface area contributed by atoms with Crippen LogP contribution in [0.25, 0.3) is 0 Å². The molecule has 0 rings (SSSR count). The van der Waals surface area contributed by atoms with Crippen LogP contribution in [0, 0.1) is 0 Å². The number of carbonyl (C=O) groups excluding carboxylic acids is 1. The van der Waals surface area contributed by atoms with Gasteiger partial charge in [-0.3, -0.25) is 4.79 Å². The van der Waals surface area contributed by atoms with Crippen molar-refractivity contribution in [3.8, 4) is 0 Å². The normalized spacial score (nSPS) is 11.5. The van der Waals surface area contributed by atoms with E-state index in [4.69, 9.17) is 49.1 Å². The van der Waals surface area contributed by atoms with Crippen molar-refractivity contribution in [2.45, 2.75) is 12.8 Å². The average Bonchev–Trinajstić information content (AvgIpc) is 1.97. The SMILES string of the molecule is NCCCC(=O)CN.[Cl][Pt]([Cl])([Cl])[Cl]. The number of hydrogen-bond donors (Lipinski definition) is 2. The van der Waals surface area contributed by atoms with Crippen LogP contribution in [0.5, 0.6) is 0 Å². The van der Waals surface area contributed by atoms with Gasteiger partial charge in [0, 0.05) is 6.42 Å². The molecule has 0 saturated carbocycles. The average molecular weight is 453 g/mol. The molecular weight excluding hydrogens is 441 g/mol. The Morgan fingerprint density at radius 2 is 1.54 bits per heavy atom. The van der Waals surface area contributed by atoms with Crippen molar-refractivity contribution in [2.75, 3.05) is 13.1 Å². The molecule has 0 radical (unpaired) electrons. The van der Waals surface area contributed by atoms with Crippen LogP contribution in [-0.2, 0) is 16.7 Å². The number of nitrogens with two attached hydrogens (primary N) is 2. The third kappa shape index (κ3) is 31.8. The Balaban J connectivity index is 0. The van der Waals surface area contributed by atoms with Gasteiger partial charge in [-0.15, -0.1) is 0 Å². The van der Waals surface area contributed by atoms with Crippen LogP contribution in [0.15, 0.2) is 0 Å². The molecule has 0 aromatic heterocycles. The van der Waals surface area contributed by atoms with Crippen LogP contribution < -0.4 is 11.5 Å². The Labute approximate surface area is 96.9 Å². The van der Waals surface area contributed by atoms with Crippen molar-refractivity contribution in [2.24, 2.45) is 11.5 Å². The monoisotopic (exact) mass is 451 g/mol. The molecule has 0 aliphatic carbocycles. The van der Waals surface area contributed by atoms with E-state index in [0.717, 1.165) is 6.42 Å². The fraction of sp³-hybridized carbons (Fsp3) is 0.800. The van der Waals surface area contributed by atoms with E-state index in [9.17, 15) is 4.79 Å². The first-order valence-corrected chi connectivity index (χ1v) is 14.5. The molecule has 0 atom stereocenters. The summed E-state index contributed by atoms with van der Waals surface area (Å²) in [6.45, 7) is 0.728. The molecule has 0 heterocycles. The summed E-state index contributed by atoms with van der Waals surface area (Å²) in [5, 5.41) is 0. The van der Waals surface area contributed by atoms with Crippen molar-refractivity contribution >= 4 is 43.5 Å². The molecule has 0 aromatic rings. The number of carbonyl (C=O) groups is 1. The summed E-state index contributed by atoms with van der Waals surface area (Å²) < 4.78 is 0. The van der Waals surface area contributed by atoms with Crippen molar-refractivity contribution < 1.29 is 16.7 Å². The second-order valence-corrected chi connectivity index (χ2v) is 21.6. The van der Waals surface area contributed by atoms with Crippen molar-refractivity contribution in [1.82, 2.24) is 0 Å². The van der Waals surface area contributed by atoms with Crippen LogP contribution >= 0.6 is 37.7 Å². The molecule has 0 fully saturated rings. The van der Waals surface area contributed by atoms with Crippen LogP contribution in [0.4, 0.5) is 0 Å². The van der Waals surface area contributed by atoms with Gasteiger partial charge in [0.25, 0.3) is 0 Å². The van der Waals surface area contributed by atoms with E-state index in [2.05, 4.69) is 0 Å². The maximum absolute atomic E-state index is 10.4. The molecule has 0 aliphatic heterocycles. The molecule has 0 bridgehead atoms. The first kappa shape index (κ1) is 16.9. The summed E-state index contributed by atoms with van der Waals surface area (Å²) in [5.74, 6) is 0.0930. The standard InChI is InChI=1S/C5H12N2O.4ClH.Pt/c6-3-1-2-5(8)4-7;;;;;/h1-4,6-7H2;4*1H;/q;;;;;+4/p-4. The summed E-state index contributed by atoms with van der Waals surface area (Å²) in [5.41, 5.74) is 10.2. The fourth-order valence-corrected chi connectivity index (χ4v) is 0.401. The molecule has 0 aromatic carbocycles. The first-order valence-electron chi connectivity index (χ1n) is 3.21. The van der Waals surface area contributed by atoms with Crippen LogP contribution in [0.2, 0.25) is 0 Å². The number of ketones is 1. The summed E-state index contributed by atoms with van der Waals surface area (Å²) in [4.78, 5) is 10.4. The predicted molar refractivity (Wildman–Crippen MR) is 55.8 cm³/mol. The van der Waals surface area contributed by atoms with Crippen LogP contribution in [0.3, 0.4) is 0 Å². The van der Waals surface area contributed by atoms with Gasteiger partial charge in [-0.05, 0) is 13.0 Å². The molecule has 13 heavy (non-hydrogen) atoms. The van der Waals surface area contributed by atoms with Crippen LogP contribution in [0.1, 0.15) is 12.8 Å². The topological polar surface area (TPSA) is 69.1 Å². The van der Waals surface area contributed by atoms with Gasteiger partial charge in [-0.2, -0.15) is 0 Å². The van der Waals surface area contributed by atoms with Gasteiger partial charge in [0.05, 0.1) is 6.54 Å². The van der Waals surface area contributed by atoms with Gasteiger partial charge in [-0.1, -0.05) is 0 Å². The Hall–Kier alpha value is 1.44. The molecule has 4 N–H and O–H groups in total. The van der Waals surface area contributed by atoms with E-state index in [1.165, 1.54) is 0 Å². The van der Waals surface area contributed by atoms with Crippen molar-refractivity contribution in [1.29, 1.82) is 0 Å². The zero-order valence-electron chi connectivity index (χ0n) is 6.72. The van der Waals surface area contributed by atoms with E-state index in [1.54, 1.807) is 0 Å². The van der Waals surface area contributed by atoms with Gasteiger partial charge in [0.2, 0.25) is 0 Å². The molecule has 86 valence electrons. The van der Waals surface area contributed by atoms with E-state index < -0.39 is 11.9 Å². The molecule has 0 aliphatic rings. The third-order valence-corrected chi connectivity index (χ3v) is 0.887. The fourth-order valence-electron chi connectivity index (χ4n) is 0.401. The molecule has 0 amide bonds. The minimum absolute atomic E-state index is 0.0930. The third-order valence-electron chi connectivity index (χ3n) is 0.887. The number of Topliss-reactive ketones (excluding diaryl/α,β-unsaturated/α-hetero) is 1. The zero-order chi connectivity index (χ0) is 10.9.